The second kappa shape index (κ2) is 3.67. The number of ether oxygens (including phenoxy) is 1. The molecule has 1 fully saturated rings. The van der Waals surface area contributed by atoms with E-state index in [2.05, 4.69) is 10.3 Å². The van der Waals surface area contributed by atoms with E-state index in [1.54, 1.807) is 25.0 Å². The van der Waals surface area contributed by atoms with E-state index in [4.69, 9.17) is 4.74 Å². The number of methoxy groups -OCH3 is 1. The number of rotatable bonds is 4. The Morgan fingerprint density at radius 3 is 2.79 bits per heavy atom. The van der Waals surface area contributed by atoms with E-state index in [0.29, 0.717) is 11.6 Å². The fourth-order valence-corrected chi connectivity index (χ4v) is 1.74. The number of hydrogen-bond donors (Lipinski definition) is 1. The van der Waals surface area contributed by atoms with E-state index in [1.807, 2.05) is 0 Å². The fraction of sp³-hybridized carbons (Fsp3) is 0.778. The summed E-state index contributed by atoms with van der Waals surface area (Å²) in [5.74, 6) is 0.491. The molecule has 2 rings (SSSR count). The van der Waals surface area contributed by atoms with Crippen LogP contribution in [0.5, 0.6) is 0 Å². The lowest BCUT2D eigenvalue weighted by Gasteiger charge is -2.20. The van der Waals surface area contributed by atoms with Crippen molar-refractivity contribution in [1.29, 1.82) is 0 Å². The Morgan fingerprint density at radius 1 is 1.64 bits per heavy atom. The lowest BCUT2D eigenvalue weighted by atomic mass is 10.1. The molecule has 2 atom stereocenters. The number of aliphatic hydroxyl groups is 1. The highest BCUT2D eigenvalue weighted by Gasteiger charge is 2.37. The van der Waals surface area contributed by atoms with Crippen molar-refractivity contribution in [3.63, 3.8) is 0 Å². The van der Waals surface area contributed by atoms with E-state index in [-0.39, 0.29) is 6.10 Å². The first-order chi connectivity index (χ1) is 6.74. The maximum atomic E-state index is 10.0. The maximum absolute atomic E-state index is 10.0. The van der Waals surface area contributed by atoms with Crippen LogP contribution >= 0.6 is 0 Å². The lowest BCUT2D eigenvalue weighted by Crippen LogP contribution is -2.24. The van der Waals surface area contributed by atoms with Crippen molar-refractivity contribution in [2.75, 3.05) is 7.11 Å². The molecule has 0 spiro atoms. The van der Waals surface area contributed by atoms with Crippen molar-refractivity contribution in [1.82, 2.24) is 15.0 Å². The molecular formula is C9H15N3O2. The molecule has 0 amide bonds. The Bertz CT molecular complexity index is 309. The summed E-state index contributed by atoms with van der Waals surface area (Å²) in [6.07, 6.45) is 3.13. The van der Waals surface area contributed by atoms with Gasteiger partial charge in [-0.25, -0.2) is 4.68 Å². The zero-order valence-corrected chi connectivity index (χ0v) is 8.42. The first-order valence-electron chi connectivity index (χ1n) is 4.79. The van der Waals surface area contributed by atoms with Gasteiger partial charge in [-0.05, 0) is 18.8 Å². The van der Waals surface area contributed by atoms with Crippen LogP contribution in [0.4, 0.5) is 0 Å². The minimum Gasteiger partial charge on any atom is -0.384 e. The van der Waals surface area contributed by atoms with Crippen molar-refractivity contribution in [2.45, 2.75) is 25.0 Å². The van der Waals surface area contributed by atoms with E-state index >= 15 is 0 Å². The van der Waals surface area contributed by atoms with Crippen molar-refractivity contribution < 1.29 is 9.84 Å². The van der Waals surface area contributed by atoms with Gasteiger partial charge < -0.3 is 9.84 Å². The first kappa shape index (κ1) is 9.61. The lowest BCUT2D eigenvalue weighted by molar-refractivity contribution is -0.0295. The van der Waals surface area contributed by atoms with Gasteiger partial charge in [0.25, 0.3) is 0 Å². The highest BCUT2D eigenvalue weighted by molar-refractivity contribution is 5.04. The van der Waals surface area contributed by atoms with E-state index in [0.717, 1.165) is 12.8 Å². The number of nitrogens with zero attached hydrogens (tertiary/aromatic N) is 3. The van der Waals surface area contributed by atoms with Gasteiger partial charge in [0.15, 0.2) is 0 Å². The zero-order chi connectivity index (χ0) is 10.1. The first-order valence-corrected chi connectivity index (χ1v) is 4.79. The van der Waals surface area contributed by atoms with E-state index in [9.17, 15) is 5.11 Å². The fourth-order valence-electron chi connectivity index (χ4n) is 1.74. The Morgan fingerprint density at radius 2 is 2.36 bits per heavy atom. The summed E-state index contributed by atoms with van der Waals surface area (Å²) in [6.45, 7) is 0. The van der Waals surface area contributed by atoms with Crippen LogP contribution < -0.4 is 0 Å². The number of aromatic nitrogens is 3. The summed E-state index contributed by atoms with van der Waals surface area (Å²) >= 11 is 0. The predicted octanol–water partition coefficient (Wildman–Crippen LogP) is 0.273. The van der Waals surface area contributed by atoms with Gasteiger partial charge in [0.1, 0.15) is 6.10 Å². The van der Waals surface area contributed by atoms with Crippen molar-refractivity contribution in [2.24, 2.45) is 13.0 Å². The molecule has 78 valence electrons. The van der Waals surface area contributed by atoms with Gasteiger partial charge in [0.2, 0.25) is 0 Å². The molecule has 0 radical (unpaired) electrons. The molecule has 1 heterocycles. The second-order valence-corrected chi connectivity index (χ2v) is 3.77. The Labute approximate surface area is 82.7 Å². The van der Waals surface area contributed by atoms with Crippen LogP contribution in [0.2, 0.25) is 0 Å². The monoisotopic (exact) mass is 197 g/mol. The summed E-state index contributed by atoms with van der Waals surface area (Å²) in [5, 5.41) is 17.6. The van der Waals surface area contributed by atoms with Crippen molar-refractivity contribution in [3.8, 4) is 0 Å². The summed E-state index contributed by atoms with van der Waals surface area (Å²) in [5.41, 5.74) is 0.712. The van der Waals surface area contributed by atoms with Gasteiger partial charge in [0, 0.05) is 14.2 Å². The standard InChI is InChI=1S/C9H15N3O2/c1-12-7(5-10-11-12)8(13)9(14-2)6-3-4-6/h5-6,8-9,13H,3-4H2,1-2H3. The quantitative estimate of drug-likeness (QED) is 0.752. The summed E-state index contributed by atoms with van der Waals surface area (Å²) in [7, 11) is 3.40. The van der Waals surface area contributed by atoms with Gasteiger partial charge in [-0.15, -0.1) is 5.10 Å². The largest absolute Gasteiger partial charge is 0.384 e. The SMILES string of the molecule is COC(C1CC1)C(O)c1cnnn1C. The highest BCUT2D eigenvalue weighted by Crippen LogP contribution is 2.39. The third-order valence-corrected chi connectivity index (χ3v) is 2.72. The van der Waals surface area contributed by atoms with Crippen molar-refractivity contribution in [3.05, 3.63) is 11.9 Å². The predicted molar refractivity (Wildman–Crippen MR) is 49.5 cm³/mol. The Kier molecular flexibility index (Phi) is 2.52. The highest BCUT2D eigenvalue weighted by atomic mass is 16.5. The normalized spacial score (nSPS) is 20.8. The third-order valence-electron chi connectivity index (χ3n) is 2.72. The molecule has 5 heteroatoms. The molecule has 1 aromatic rings. The summed E-state index contributed by atoms with van der Waals surface area (Å²) < 4.78 is 6.88. The number of aryl methyl sites for hydroxylation is 1. The molecule has 0 aliphatic heterocycles. The third kappa shape index (κ3) is 1.65. The van der Waals surface area contributed by atoms with Crippen LogP contribution in [-0.4, -0.2) is 33.3 Å². The van der Waals surface area contributed by atoms with Crippen LogP contribution in [0.3, 0.4) is 0 Å². The van der Waals surface area contributed by atoms with Crippen molar-refractivity contribution >= 4 is 0 Å². The smallest absolute Gasteiger partial charge is 0.124 e. The Hall–Kier alpha value is -0.940. The number of hydrogen-bond acceptors (Lipinski definition) is 4. The topological polar surface area (TPSA) is 60.2 Å². The molecule has 2 unspecified atom stereocenters. The van der Waals surface area contributed by atoms with Gasteiger partial charge >= 0.3 is 0 Å². The Balaban J connectivity index is 2.13. The van der Waals surface area contributed by atoms with E-state index in [1.165, 1.54) is 0 Å². The molecule has 1 aliphatic carbocycles. The van der Waals surface area contributed by atoms with Crippen LogP contribution in [0.1, 0.15) is 24.6 Å². The van der Waals surface area contributed by atoms with E-state index < -0.39 is 6.10 Å². The summed E-state index contributed by atoms with van der Waals surface area (Å²) in [4.78, 5) is 0. The van der Waals surface area contributed by atoms with Gasteiger partial charge in [-0.2, -0.15) is 0 Å². The molecule has 5 nitrogen and oxygen atoms in total. The molecule has 0 bridgehead atoms. The summed E-state index contributed by atoms with van der Waals surface area (Å²) in [6, 6.07) is 0. The minimum absolute atomic E-state index is 0.118. The molecule has 1 N–H and O–H groups in total. The van der Waals surface area contributed by atoms with Crippen LogP contribution in [0.15, 0.2) is 6.20 Å². The van der Waals surface area contributed by atoms with Gasteiger partial charge in [-0.3, -0.25) is 0 Å². The van der Waals surface area contributed by atoms with Gasteiger partial charge in [0.05, 0.1) is 18.0 Å². The van der Waals surface area contributed by atoms with Crippen LogP contribution in [0, 0.1) is 5.92 Å². The van der Waals surface area contributed by atoms with Gasteiger partial charge in [-0.1, -0.05) is 5.21 Å². The number of aliphatic hydroxyl groups excluding tert-OH is 1. The molecule has 0 saturated heterocycles. The average Bonchev–Trinajstić information content (AvgIpc) is 2.90. The average molecular weight is 197 g/mol. The minimum atomic E-state index is -0.618. The van der Waals surface area contributed by atoms with Crippen LogP contribution in [0.25, 0.3) is 0 Å². The second-order valence-electron chi connectivity index (χ2n) is 3.77. The van der Waals surface area contributed by atoms with Crippen LogP contribution in [-0.2, 0) is 11.8 Å². The zero-order valence-electron chi connectivity index (χ0n) is 8.42. The molecule has 14 heavy (non-hydrogen) atoms. The molecule has 0 aromatic carbocycles. The molecule has 1 aliphatic rings. The molecule has 1 aromatic heterocycles. The molecular weight excluding hydrogens is 182 g/mol. The molecule has 1 saturated carbocycles. The maximum Gasteiger partial charge on any atom is 0.124 e.